The van der Waals surface area contributed by atoms with Crippen molar-refractivity contribution in [2.45, 2.75) is 25.2 Å². The highest BCUT2D eigenvalue weighted by Gasteiger charge is 2.42. The Bertz CT molecular complexity index is 918. The second kappa shape index (κ2) is 10.4. The molecule has 3 N–H and O–H groups in total. The van der Waals surface area contributed by atoms with E-state index in [9.17, 15) is 22.8 Å². The number of hydrogen-bond donors (Lipinski definition) is 3. The number of urea groups is 1. The molecule has 0 aliphatic carbocycles. The van der Waals surface area contributed by atoms with Gasteiger partial charge in [0.2, 0.25) is 5.91 Å². The first-order valence-electron chi connectivity index (χ1n) is 10.1. The summed E-state index contributed by atoms with van der Waals surface area (Å²) in [7, 11) is 1.58. The largest absolute Gasteiger partial charge is 0.497 e. The van der Waals surface area contributed by atoms with E-state index in [1.54, 1.807) is 43.5 Å². The molecular formula is C22H25F3N4O3. The molecule has 7 nitrogen and oxygen atoms in total. The lowest BCUT2D eigenvalue weighted by Gasteiger charge is -2.34. The van der Waals surface area contributed by atoms with Gasteiger partial charge in [-0.2, -0.15) is 13.2 Å². The molecule has 2 aromatic rings. The predicted octanol–water partition coefficient (Wildman–Crippen LogP) is 2.92. The van der Waals surface area contributed by atoms with Crippen molar-refractivity contribution < 1.29 is 27.5 Å². The molecule has 0 aromatic heterocycles. The number of anilines is 1. The first-order chi connectivity index (χ1) is 15.2. The third-order valence-corrected chi connectivity index (χ3v) is 5.10. The molecule has 10 heteroatoms. The number of alkyl halides is 3. The summed E-state index contributed by atoms with van der Waals surface area (Å²) >= 11 is 0. The minimum absolute atomic E-state index is 0.00543. The van der Waals surface area contributed by atoms with Crippen LogP contribution in [0.15, 0.2) is 48.5 Å². The van der Waals surface area contributed by atoms with Crippen LogP contribution in [0.5, 0.6) is 5.75 Å². The summed E-state index contributed by atoms with van der Waals surface area (Å²) in [6, 6.07) is 11.8. The molecule has 0 spiro atoms. The average Bonchev–Trinajstić information content (AvgIpc) is 2.79. The van der Waals surface area contributed by atoms with Crippen LogP contribution in [0.25, 0.3) is 0 Å². The fraction of sp³-hybridized carbons (Fsp3) is 0.364. The van der Waals surface area contributed by atoms with Gasteiger partial charge in [0.25, 0.3) is 0 Å². The number of methoxy groups -OCH3 is 1. The molecule has 2 aromatic carbocycles. The molecule has 0 bridgehead atoms. The van der Waals surface area contributed by atoms with Crippen LogP contribution in [0.1, 0.15) is 11.1 Å². The van der Waals surface area contributed by atoms with Crippen molar-refractivity contribution in [1.29, 1.82) is 0 Å². The van der Waals surface area contributed by atoms with Crippen LogP contribution in [0, 0.1) is 0 Å². The maximum Gasteiger partial charge on any atom is 0.405 e. The zero-order valence-corrected chi connectivity index (χ0v) is 17.5. The van der Waals surface area contributed by atoms with Crippen LogP contribution in [0.4, 0.5) is 23.7 Å². The molecule has 1 fully saturated rings. The van der Waals surface area contributed by atoms with E-state index in [4.69, 9.17) is 4.74 Å². The third kappa shape index (κ3) is 6.61. The van der Waals surface area contributed by atoms with E-state index in [0.29, 0.717) is 17.8 Å². The monoisotopic (exact) mass is 450 g/mol. The van der Waals surface area contributed by atoms with E-state index < -0.39 is 18.8 Å². The number of halogens is 3. The van der Waals surface area contributed by atoms with E-state index in [1.807, 2.05) is 12.1 Å². The van der Waals surface area contributed by atoms with Crippen molar-refractivity contribution in [3.63, 3.8) is 0 Å². The first-order valence-corrected chi connectivity index (χ1v) is 10.1. The van der Waals surface area contributed by atoms with E-state index in [-0.39, 0.29) is 31.4 Å². The molecule has 0 radical (unpaired) electrons. The number of ether oxygens (including phenoxy) is 1. The predicted molar refractivity (Wildman–Crippen MR) is 113 cm³/mol. The molecule has 32 heavy (non-hydrogen) atoms. The summed E-state index contributed by atoms with van der Waals surface area (Å²) in [4.78, 5) is 25.7. The van der Waals surface area contributed by atoms with Gasteiger partial charge in [0.1, 0.15) is 11.8 Å². The van der Waals surface area contributed by atoms with E-state index >= 15 is 0 Å². The van der Waals surface area contributed by atoms with Crippen molar-refractivity contribution in [2.24, 2.45) is 0 Å². The van der Waals surface area contributed by atoms with Crippen LogP contribution in [-0.4, -0.2) is 55.8 Å². The summed E-state index contributed by atoms with van der Waals surface area (Å²) in [5, 5.41) is 7.83. The minimum Gasteiger partial charge on any atom is -0.497 e. The Labute approximate surface area is 183 Å². The van der Waals surface area contributed by atoms with Gasteiger partial charge in [-0.05, 0) is 35.4 Å². The van der Waals surface area contributed by atoms with E-state index in [0.717, 1.165) is 11.3 Å². The van der Waals surface area contributed by atoms with Gasteiger partial charge in [-0.15, -0.1) is 0 Å². The summed E-state index contributed by atoms with van der Waals surface area (Å²) < 4.78 is 43.8. The average molecular weight is 450 g/mol. The SMILES string of the molecule is COc1ccc(CNC(=O)Nc2ccc(CC(=O)N3CCNC(C(F)(F)F)C3)cc2)cc1. The van der Waals surface area contributed by atoms with Gasteiger partial charge in [-0.25, -0.2) is 4.79 Å². The Morgan fingerprint density at radius 3 is 2.38 bits per heavy atom. The number of hydrogen-bond acceptors (Lipinski definition) is 4. The fourth-order valence-corrected chi connectivity index (χ4v) is 3.29. The number of benzene rings is 2. The zero-order chi connectivity index (χ0) is 23.1. The number of nitrogens with one attached hydrogen (secondary N) is 3. The van der Waals surface area contributed by atoms with Crippen molar-refractivity contribution >= 4 is 17.6 Å². The first kappa shape index (κ1) is 23.4. The number of carbonyl (C=O) groups excluding carboxylic acids is 2. The van der Waals surface area contributed by atoms with Crippen LogP contribution >= 0.6 is 0 Å². The maximum absolute atomic E-state index is 12.9. The topological polar surface area (TPSA) is 82.7 Å². The standard InChI is InChI=1S/C22H25F3N4O3/c1-32-18-8-4-16(5-9-18)13-27-21(31)28-17-6-2-15(3-7-17)12-20(30)29-11-10-26-19(14-29)22(23,24)25/h2-9,19,26H,10-14H2,1H3,(H2,27,28,31). The quantitative estimate of drug-likeness (QED) is 0.632. The Hall–Kier alpha value is -3.27. The smallest absolute Gasteiger partial charge is 0.405 e. The zero-order valence-electron chi connectivity index (χ0n) is 17.5. The molecule has 3 amide bonds. The lowest BCUT2D eigenvalue weighted by molar-refractivity contribution is -0.167. The molecule has 1 atom stereocenters. The number of rotatable bonds is 6. The van der Waals surface area contributed by atoms with Gasteiger partial charge in [-0.3, -0.25) is 4.79 Å². The molecule has 1 heterocycles. The van der Waals surface area contributed by atoms with Crippen LogP contribution in [-0.2, 0) is 17.8 Å². The number of piperazine rings is 1. The van der Waals surface area contributed by atoms with Crippen molar-refractivity contribution in [2.75, 3.05) is 32.1 Å². The molecule has 172 valence electrons. The Morgan fingerprint density at radius 2 is 1.75 bits per heavy atom. The van der Waals surface area contributed by atoms with Gasteiger partial charge in [0, 0.05) is 31.9 Å². The lowest BCUT2D eigenvalue weighted by Crippen LogP contribution is -2.58. The van der Waals surface area contributed by atoms with E-state index in [1.165, 1.54) is 4.90 Å². The van der Waals surface area contributed by atoms with Crippen molar-refractivity contribution in [3.05, 3.63) is 59.7 Å². The maximum atomic E-state index is 12.9. The highest BCUT2D eigenvalue weighted by molar-refractivity contribution is 5.89. The van der Waals surface area contributed by atoms with Gasteiger partial charge in [0.05, 0.1) is 13.5 Å². The van der Waals surface area contributed by atoms with Gasteiger partial charge >= 0.3 is 12.2 Å². The van der Waals surface area contributed by atoms with Crippen LogP contribution in [0.3, 0.4) is 0 Å². The van der Waals surface area contributed by atoms with Gasteiger partial charge in [-0.1, -0.05) is 24.3 Å². The van der Waals surface area contributed by atoms with Gasteiger partial charge < -0.3 is 25.6 Å². The minimum atomic E-state index is -4.39. The normalized spacial score (nSPS) is 16.4. The Morgan fingerprint density at radius 1 is 1.09 bits per heavy atom. The Kier molecular flexibility index (Phi) is 7.57. The molecule has 1 aliphatic rings. The lowest BCUT2D eigenvalue weighted by atomic mass is 10.1. The van der Waals surface area contributed by atoms with Crippen molar-refractivity contribution in [1.82, 2.24) is 15.5 Å². The molecule has 1 unspecified atom stereocenters. The second-order valence-corrected chi connectivity index (χ2v) is 7.42. The summed E-state index contributed by atoms with van der Waals surface area (Å²) in [6.45, 7) is 0.284. The summed E-state index contributed by atoms with van der Waals surface area (Å²) in [5.74, 6) is 0.368. The highest BCUT2D eigenvalue weighted by atomic mass is 19.4. The van der Waals surface area contributed by atoms with Crippen molar-refractivity contribution in [3.8, 4) is 5.75 Å². The van der Waals surface area contributed by atoms with Gasteiger partial charge in [0.15, 0.2) is 0 Å². The summed E-state index contributed by atoms with van der Waals surface area (Å²) in [5.41, 5.74) is 2.10. The van der Waals surface area contributed by atoms with Crippen LogP contribution in [0.2, 0.25) is 0 Å². The fourth-order valence-electron chi connectivity index (χ4n) is 3.29. The number of carbonyl (C=O) groups is 2. The number of amides is 3. The van der Waals surface area contributed by atoms with E-state index in [2.05, 4.69) is 16.0 Å². The second-order valence-electron chi connectivity index (χ2n) is 7.42. The highest BCUT2D eigenvalue weighted by Crippen LogP contribution is 2.23. The molecule has 0 saturated carbocycles. The molecule has 1 aliphatic heterocycles. The molecule has 1 saturated heterocycles. The Balaban J connectivity index is 1.46. The number of nitrogens with zero attached hydrogens (tertiary/aromatic N) is 1. The summed E-state index contributed by atoms with van der Waals surface area (Å²) in [6.07, 6.45) is -4.39. The third-order valence-electron chi connectivity index (χ3n) is 5.10. The van der Waals surface area contributed by atoms with Crippen LogP contribution < -0.4 is 20.7 Å². The molecule has 3 rings (SSSR count). The molecular weight excluding hydrogens is 425 g/mol.